The van der Waals surface area contributed by atoms with Crippen molar-refractivity contribution in [2.75, 3.05) is 4.93 Å². The molecule has 0 aliphatic heterocycles. The zero-order valence-corrected chi connectivity index (χ0v) is 9.91. The van der Waals surface area contributed by atoms with Gasteiger partial charge in [0.05, 0.1) is 4.90 Å². The van der Waals surface area contributed by atoms with E-state index in [9.17, 15) is 8.42 Å². The molecule has 0 bridgehead atoms. The summed E-state index contributed by atoms with van der Waals surface area (Å²) in [4.78, 5) is 2.05. The summed E-state index contributed by atoms with van der Waals surface area (Å²) >= 11 is 0.0532. The Bertz CT molecular complexity index is 406. The molecule has 1 N–H and O–H groups in total. The molecule has 0 aromatic heterocycles. The van der Waals surface area contributed by atoms with Gasteiger partial charge in [0.15, 0.2) is 0 Å². The van der Waals surface area contributed by atoms with Crippen molar-refractivity contribution in [3.05, 3.63) is 29.8 Å². The molecular formula is C8H9IO3S. The zero-order chi connectivity index (χ0) is 9.90. The first kappa shape index (κ1) is 10.8. The van der Waals surface area contributed by atoms with E-state index in [0.29, 0.717) is 0 Å². The van der Waals surface area contributed by atoms with Gasteiger partial charge in [-0.1, -0.05) is 12.1 Å². The average Bonchev–Trinajstić information content (AvgIpc) is 2.04. The van der Waals surface area contributed by atoms with Crippen LogP contribution in [0.3, 0.4) is 0 Å². The standard InChI is InChI=1S/C8H9IO3S/c1-9-6-7-2-4-8(5-3-7)13(10,11)12/h2-6H,1H3,(H,10,11,12). The van der Waals surface area contributed by atoms with Crippen molar-refractivity contribution in [3.8, 4) is 0 Å². The number of alkyl halides is 1. The molecule has 0 aliphatic carbocycles. The van der Waals surface area contributed by atoms with Crippen LogP contribution in [0, 0.1) is 0 Å². The van der Waals surface area contributed by atoms with Crippen LogP contribution in [0.4, 0.5) is 0 Å². The van der Waals surface area contributed by atoms with E-state index >= 15 is 0 Å². The van der Waals surface area contributed by atoms with Crippen molar-refractivity contribution in [2.24, 2.45) is 0 Å². The molecule has 1 aromatic rings. The van der Waals surface area contributed by atoms with Gasteiger partial charge >= 0.3 is 0 Å². The normalized spacial score (nSPS) is 12.8. The van der Waals surface area contributed by atoms with Crippen LogP contribution >= 0.6 is 20.7 Å². The lowest BCUT2D eigenvalue weighted by Gasteiger charge is -1.96. The molecule has 3 nitrogen and oxygen atoms in total. The van der Waals surface area contributed by atoms with Crippen molar-refractivity contribution in [2.45, 2.75) is 4.90 Å². The molecule has 0 saturated heterocycles. The summed E-state index contributed by atoms with van der Waals surface area (Å²) in [6, 6.07) is 6.18. The summed E-state index contributed by atoms with van der Waals surface area (Å²) in [7, 11) is -4.04. The second-order valence-electron chi connectivity index (χ2n) is 2.37. The number of hydrogen-bond donors (Lipinski definition) is 1. The van der Waals surface area contributed by atoms with Gasteiger partial charge in [0.1, 0.15) is 0 Å². The Morgan fingerprint density at radius 3 is 2.23 bits per heavy atom. The highest BCUT2D eigenvalue weighted by Crippen LogP contribution is 2.09. The third-order valence-corrected chi connectivity index (χ3v) is 3.62. The molecule has 5 heteroatoms. The van der Waals surface area contributed by atoms with E-state index in [2.05, 4.69) is 8.94 Å². The van der Waals surface area contributed by atoms with Crippen molar-refractivity contribution in [1.29, 1.82) is 0 Å². The summed E-state index contributed by atoms with van der Waals surface area (Å²) in [6.07, 6.45) is 0. The molecule has 72 valence electrons. The van der Waals surface area contributed by atoms with Crippen LogP contribution in [-0.4, -0.2) is 21.9 Å². The third kappa shape index (κ3) is 3.17. The van der Waals surface area contributed by atoms with Gasteiger partial charge in [0.25, 0.3) is 10.1 Å². The van der Waals surface area contributed by atoms with Crippen LogP contribution in [0.2, 0.25) is 0 Å². The fourth-order valence-corrected chi connectivity index (χ4v) is 2.45. The van der Waals surface area contributed by atoms with Gasteiger partial charge in [-0.2, -0.15) is 8.42 Å². The Morgan fingerprint density at radius 1 is 1.31 bits per heavy atom. The van der Waals surface area contributed by atoms with Gasteiger partial charge < -0.3 is 0 Å². The van der Waals surface area contributed by atoms with Gasteiger partial charge in [-0.3, -0.25) is 4.55 Å². The van der Waals surface area contributed by atoms with Crippen LogP contribution < -0.4 is 0 Å². The lowest BCUT2D eigenvalue weighted by Crippen LogP contribution is -1.97. The maximum Gasteiger partial charge on any atom is 0.294 e. The quantitative estimate of drug-likeness (QED) is 0.514. The minimum Gasteiger partial charge on any atom is -0.282 e. The van der Waals surface area contributed by atoms with E-state index in [4.69, 9.17) is 4.55 Å². The fourth-order valence-electron chi connectivity index (χ4n) is 0.839. The van der Waals surface area contributed by atoms with Gasteiger partial charge in [-0.15, -0.1) is 20.7 Å². The monoisotopic (exact) mass is 312 g/mol. The molecule has 1 rings (SSSR count). The van der Waals surface area contributed by atoms with Gasteiger partial charge in [-0.25, -0.2) is 0 Å². The molecule has 0 spiro atoms. The molecule has 1 aromatic carbocycles. The zero-order valence-electron chi connectivity index (χ0n) is 6.94. The Morgan fingerprint density at radius 2 is 1.85 bits per heavy atom. The maximum atomic E-state index is 10.7. The molecule has 0 aliphatic rings. The van der Waals surface area contributed by atoms with Crippen molar-refractivity contribution in [3.63, 3.8) is 0 Å². The predicted octanol–water partition coefficient (Wildman–Crippen LogP) is 1.68. The molecular weight excluding hydrogens is 303 g/mol. The molecule has 0 atom stereocenters. The van der Waals surface area contributed by atoms with E-state index in [1.165, 1.54) is 12.1 Å². The summed E-state index contributed by atoms with van der Waals surface area (Å²) in [6.45, 7) is 0. The number of benzene rings is 1. The highest BCUT2D eigenvalue weighted by atomic mass is 127. The van der Waals surface area contributed by atoms with E-state index in [1.807, 2.05) is 0 Å². The Hall–Kier alpha value is -0.270. The van der Waals surface area contributed by atoms with E-state index in [0.717, 1.165) is 5.56 Å². The molecule has 0 amide bonds. The minimum absolute atomic E-state index is 0.0532. The SMILES string of the molecule is CI=Cc1ccc(S(=O)(=O)O)cc1. The second-order valence-corrected chi connectivity index (χ2v) is 5.66. The van der Waals surface area contributed by atoms with E-state index in [1.54, 1.807) is 12.1 Å². The van der Waals surface area contributed by atoms with Crippen molar-refractivity contribution < 1.29 is 13.0 Å². The first-order valence-electron chi connectivity index (χ1n) is 3.43. The number of hydrogen-bond acceptors (Lipinski definition) is 2. The second kappa shape index (κ2) is 4.30. The Kier molecular flexibility index (Phi) is 3.57. The van der Waals surface area contributed by atoms with Gasteiger partial charge in [0, 0.05) is 0 Å². The van der Waals surface area contributed by atoms with Crippen LogP contribution in [0.15, 0.2) is 29.2 Å². The van der Waals surface area contributed by atoms with Gasteiger partial charge in [-0.05, 0) is 26.6 Å². The van der Waals surface area contributed by atoms with Crippen molar-refractivity contribution >= 4 is 34.9 Å². The number of halogens is 1. The highest BCUT2D eigenvalue weighted by molar-refractivity contribution is 14.2. The Labute approximate surface area is 87.3 Å². The van der Waals surface area contributed by atoms with E-state index < -0.39 is 10.1 Å². The highest BCUT2D eigenvalue weighted by Gasteiger charge is 2.07. The first-order chi connectivity index (χ1) is 6.04. The molecule has 0 radical (unpaired) electrons. The average molecular weight is 312 g/mol. The molecule has 0 saturated carbocycles. The van der Waals surface area contributed by atoms with E-state index in [-0.39, 0.29) is 25.6 Å². The molecule has 0 fully saturated rings. The minimum atomic E-state index is -4.04. The third-order valence-electron chi connectivity index (χ3n) is 1.41. The topological polar surface area (TPSA) is 54.4 Å². The molecule has 0 unspecified atom stereocenters. The lowest BCUT2D eigenvalue weighted by atomic mass is 10.2. The maximum absolute atomic E-state index is 10.7. The number of rotatable bonds is 2. The van der Waals surface area contributed by atoms with Crippen LogP contribution in [0.5, 0.6) is 0 Å². The fraction of sp³-hybridized carbons (Fsp3) is 0.125. The Balaban J connectivity index is 3.08. The largest absolute Gasteiger partial charge is 0.294 e. The summed E-state index contributed by atoms with van der Waals surface area (Å²) < 4.78 is 32.1. The summed E-state index contributed by atoms with van der Waals surface area (Å²) in [5, 5.41) is 0. The predicted molar refractivity (Wildman–Crippen MR) is 61.4 cm³/mol. The smallest absolute Gasteiger partial charge is 0.282 e. The van der Waals surface area contributed by atoms with Crippen LogP contribution in [0.25, 0.3) is 0 Å². The lowest BCUT2D eigenvalue weighted by molar-refractivity contribution is 0.483. The van der Waals surface area contributed by atoms with Crippen LogP contribution in [0.1, 0.15) is 5.56 Å². The van der Waals surface area contributed by atoms with Crippen molar-refractivity contribution in [1.82, 2.24) is 0 Å². The summed E-state index contributed by atoms with van der Waals surface area (Å²) in [5.74, 6) is 0. The molecule has 13 heavy (non-hydrogen) atoms. The van der Waals surface area contributed by atoms with Crippen LogP contribution in [-0.2, 0) is 10.1 Å². The summed E-state index contributed by atoms with van der Waals surface area (Å²) in [5.41, 5.74) is 1.00. The first-order valence-corrected chi connectivity index (χ1v) is 8.27. The van der Waals surface area contributed by atoms with Gasteiger partial charge in [0.2, 0.25) is 0 Å². The molecule has 0 heterocycles.